The number of hydrogen-bond donors (Lipinski definition) is 1. The minimum absolute atomic E-state index is 0.0784. The lowest BCUT2D eigenvalue weighted by atomic mass is 10.1. The van der Waals surface area contributed by atoms with Crippen molar-refractivity contribution in [3.8, 4) is 0 Å². The second-order valence-electron chi connectivity index (χ2n) is 7.11. The van der Waals surface area contributed by atoms with Gasteiger partial charge in [-0.05, 0) is 18.1 Å². The van der Waals surface area contributed by atoms with Crippen molar-refractivity contribution in [3.63, 3.8) is 0 Å². The molecular weight excluding hydrogens is 330 g/mol. The summed E-state index contributed by atoms with van der Waals surface area (Å²) in [6, 6.07) is 13.7. The van der Waals surface area contributed by atoms with Gasteiger partial charge in [0, 0.05) is 50.0 Å². The molecule has 26 heavy (non-hydrogen) atoms. The van der Waals surface area contributed by atoms with Crippen molar-refractivity contribution in [2.24, 2.45) is 7.05 Å². The van der Waals surface area contributed by atoms with Crippen LogP contribution in [0.2, 0.25) is 0 Å². The molecule has 3 heterocycles. The molecule has 2 aliphatic heterocycles. The van der Waals surface area contributed by atoms with E-state index in [2.05, 4.69) is 22.3 Å². The Hall–Kier alpha value is -2.44. The van der Waals surface area contributed by atoms with E-state index >= 15 is 0 Å². The second kappa shape index (κ2) is 7.05. The molecule has 4 rings (SSSR count). The molecule has 1 aromatic carbocycles. The molecule has 6 nitrogen and oxygen atoms in total. The maximum atomic E-state index is 12.4. The smallest absolute Gasteiger partial charge is 0.251 e. The van der Waals surface area contributed by atoms with E-state index in [0.29, 0.717) is 18.2 Å². The number of morpholine rings is 1. The van der Waals surface area contributed by atoms with E-state index in [0.717, 1.165) is 19.5 Å². The van der Waals surface area contributed by atoms with E-state index in [4.69, 9.17) is 4.74 Å². The third kappa shape index (κ3) is 3.43. The number of amides is 1. The highest BCUT2D eigenvalue weighted by Gasteiger charge is 2.38. The first-order valence-electron chi connectivity index (χ1n) is 8.98. The number of fused-ring (bicyclic) bond motifs is 1. The first-order chi connectivity index (χ1) is 12.6. The third-order valence-electron chi connectivity index (χ3n) is 5.29. The minimum Gasteiger partial charge on any atom is -0.371 e. The van der Waals surface area contributed by atoms with Crippen LogP contribution in [0.15, 0.2) is 53.5 Å². The van der Waals surface area contributed by atoms with Gasteiger partial charge in [0.1, 0.15) is 0 Å². The van der Waals surface area contributed by atoms with Crippen LogP contribution < -0.4 is 10.9 Å². The summed E-state index contributed by atoms with van der Waals surface area (Å²) < 4.78 is 7.50. The van der Waals surface area contributed by atoms with Crippen LogP contribution in [-0.2, 0) is 11.8 Å². The van der Waals surface area contributed by atoms with Crippen LogP contribution in [0.5, 0.6) is 0 Å². The largest absolute Gasteiger partial charge is 0.371 e. The summed E-state index contributed by atoms with van der Waals surface area (Å²) >= 11 is 0. The Kier molecular flexibility index (Phi) is 4.61. The fourth-order valence-corrected chi connectivity index (χ4v) is 3.81. The molecule has 0 unspecified atom stereocenters. The first kappa shape index (κ1) is 17.0. The van der Waals surface area contributed by atoms with Gasteiger partial charge >= 0.3 is 0 Å². The van der Waals surface area contributed by atoms with Gasteiger partial charge in [-0.3, -0.25) is 14.5 Å². The van der Waals surface area contributed by atoms with E-state index in [-0.39, 0.29) is 23.6 Å². The van der Waals surface area contributed by atoms with Crippen LogP contribution in [0, 0.1) is 0 Å². The van der Waals surface area contributed by atoms with Gasteiger partial charge in [-0.15, -0.1) is 0 Å². The zero-order valence-corrected chi connectivity index (χ0v) is 14.8. The van der Waals surface area contributed by atoms with E-state index in [1.54, 1.807) is 19.3 Å². The van der Waals surface area contributed by atoms with Crippen LogP contribution >= 0.6 is 0 Å². The highest BCUT2D eigenvalue weighted by molar-refractivity contribution is 5.94. The van der Waals surface area contributed by atoms with E-state index in [9.17, 15) is 9.59 Å². The van der Waals surface area contributed by atoms with Gasteiger partial charge in [-0.2, -0.15) is 0 Å². The highest BCUT2D eigenvalue weighted by atomic mass is 16.5. The molecule has 2 aromatic rings. The lowest BCUT2D eigenvalue weighted by Crippen LogP contribution is -2.43. The molecule has 0 radical (unpaired) electrons. The molecule has 1 amide bonds. The summed E-state index contributed by atoms with van der Waals surface area (Å²) in [7, 11) is 1.67. The van der Waals surface area contributed by atoms with Crippen LogP contribution in [-0.4, -0.2) is 47.2 Å². The van der Waals surface area contributed by atoms with Gasteiger partial charge in [0.05, 0.1) is 12.7 Å². The number of benzene rings is 1. The topological polar surface area (TPSA) is 63.6 Å². The second-order valence-corrected chi connectivity index (χ2v) is 7.11. The quantitative estimate of drug-likeness (QED) is 0.904. The van der Waals surface area contributed by atoms with E-state index in [1.807, 2.05) is 18.2 Å². The van der Waals surface area contributed by atoms with Gasteiger partial charge in [0.2, 0.25) is 0 Å². The highest BCUT2D eigenvalue weighted by Crippen LogP contribution is 2.30. The summed E-state index contributed by atoms with van der Waals surface area (Å²) in [5, 5.41) is 3.07. The van der Waals surface area contributed by atoms with Crippen LogP contribution in [0.25, 0.3) is 0 Å². The molecule has 6 heteroatoms. The SMILES string of the molecule is Cn1ccc(C(=O)N[C@@H]2C[C@H]3CO[C@@H](c4ccccc4)CN3C2)cc1=O. The van der Waals surface area contributed by atoms with Gasteiger partial charge in [-0.1, -0.05) is 30.3 Å². The molecule has 0 spiro atoms. The standard InChI is InChI=1S/C20H23N3O3/c1-22-8-7-15(9-19(22)24)20(25)21-16-10-17-13-26-18(12-23(17)11-16)14-5-3-2-4-6-14/h2-9,16-18H,10-13H2,1H3,(H,21,25)/t16-,17+,18-/m1/s1. The van der Waals surface area contributed by atoms with Crippen molar-refractivity contribution >= 4 is 5.91 Å². The fraction of sp³-hybridized carbons (Fsp3) is 0.400. The Morgan fingerprint density at radius 2 is 2.00 bits per heavy atom. The van der Waals surface area contributed by atoms with E-state index in [1.165, 1.54) is 16.2 Å². The molecule has 2 aliphatic rings. The van der Waals surface area contributed by atoms with Crippen molar-refractivity contribution < 1.29 is 9.53 Å². The van der Waals surface area contributed by atoms with Crippen molar-refractivity contribution in [1.82, 2.24) is 14.8 Å². The molecule has 0 saturated carbocycles. The maximum Gasteiger partial charge on any atom is 0.251 e. The summed E-state index contributed by atoms with van der Waals surface area (Å²) in [6.07, 6.45) is 2.57. The monoisotopic (exact) mass is 353 g/mol. The Morgan fingerprint density at radius 3 is 2.77 bits per heavy atom. The number of carbonyl (C=O) groups excluding carboxylic acids is 1. The zero-order chi connectivity index (χ0) is 18.1. The van der Waals surface area contributed by atoms with Crippen molar-refractivity contribution in [2.75, 3.05) is 19.7 Å². The molecule has 2 fully saturated rings. The summed E-state index contributed by atoms with van der Waals surface area (Å²) in [5.41, 5.74) is 1.43. The predicted molar refractivity (Wildman–Crippen MR) is 98.1 cm³/mol. The number of carbonyl (C=O) groups is 1. The number of nitrogens with zero attached hydrogens (tertiary/aromatic N) is 2. The average molecular weight is 353 g/mol. The van der Waals surface area contributed by atoms with Crippen molar-refractivity contribution in [2.45, 2.75) is 24.6 Å². The molecule has 0 aliphatic carbocycles. The first-order valence-corrected chi connectivity index (χ1v) is 8.98. The molecule has 0 bridgehead atoms. The predicted octanol–water partition coefficient (Wildman–Crippen LogP) is 1.33. The molecular formula is C20H23N3O3. The fourth-order valence-electron chi connectivity index (χ4n) is 3.81. The van der Waals surface area contributed by atoms with Crippen LogP contribution in [0.4, 0.5) is 0 Å². The Morgan fingerprint density at radius 1 is 1.19 bits per heavy atom. The summed E-state index contributed by atoms with van der Waals surface area (Å²) in [6.45, 7) is 2.33. The van der Waals surface area contributed by atoms with Gasteiger partial charge in [0.25, 0.3) is 11.5 Å². The molecule has 1 aromatic heterocycles. The number of ether oxygens (including phenoxy) is 1. The zero-order valence-electron chi connectivity index (χ0n) is 14.8. The normalized spacial score (nSPS) is 25.7. The number of pyridine rings is 1. The van der Waals surface area contributed by atoms with Crippen LogP contribution in [0.1, 0.15) is 28.4 Å². The maximum absolute atomic E-state index is 12.4. The minimum atomic E-state index is -0.187. The number of aromatic nitrogens is 1. The third-order valence-corrected chi connectivity index (χ3v) is 5.29. The lowest BCUT2D eigenvalue weighted by Gasteiger charge is -2.35. The lowest BCUT2D eigenvalue weighted by molar-refractivity contribution is -0.0502. The Balaban J connectivity index is 1.38. The van der Waals surface area contributed by atoms with Gasteiger partial charge < -0.3 is 14.6 Å². The molecule has 1 N–H and O–H groups in total. The summed E-state index contributed by atoms with van der Waals surface area (Å²) in [5.74, 6) is -0.187. The number of aryl methyl sites for hydroxylation is 1. The van der Waals surface area contributed by atoms with Gasteiger partial charge in [0.15, 0.2) is 0 Å². The Labute approximate surface area is 152 Å². The number of hydrogen-bond acceptors (Lipinski definition) is 4. The molecule has 3 atom stereocenters. The van der Waals surface area contributed by atoms with Gasteiger partial charge in [-0.25, -0.2) is 0 Å². The van der Waals surface area contributed by atoms with E-state index < -0.39 is 0 Å². The molecule has 136 valence electrons. The average Bonchev–Trinajstić information content (AvgIpc) is 3.06. The number of rotatable bonds is 3. The van der Waals surface area contributed by atoms with Crippen LogP contribution in [0.3, 0.4) is 0 Å². The molecule has 2 saturated heterocycles. The number of nitrogens with one attached hydrogen (secondary N) is 1. The Bertz CT molecular complexity index is 849. The van der Waals surface area contributed by atoms with Crippen molar-refractivity contribution in [1.29, 1.82) is 0 Å². The summed E-state index contributed by atoms with van der Waals surface area (Å²) in [4.78, 5) is 26.6. The van der Waals surface area contributed by atoms with Crippen molar-refractivity contribution in [3.05, 3.63) is 70.1 Å².